The van der Waals surface area contributed by atoms with Gasteiger partial charge in [-0.1, -0.05) is 6.07 Å². The van der Waals surface area contributed by atoms with Crippen LogP contribution in [0.5, 0.6) is 0 Å². The summed E-state index contributed by atoms with van der Waals surface area (Å²) in [5, 5.41) is 2.93. The number of hydrogen-bond acceptors (Lipinski definition) is 4. The lowest BCUT2D eigenvalue weighted by Gasteiger charge is -2.40. The maximum atomic E-state index is 11.9. The number of aromatic nitrogens is 1. The molecule has 3 N–H and O–H groups in total. The van der Waals surface area contributed by atoms with Gasteiger partial charge in [-0.3, -0.25) is 14.7 Å². The molecular formula is C13H20N4O. The van der Waals surface area contributed by atoms with Gasteiger partial charge >= 0.3 is 0 Å². The van der Waals surface area contributed by atoms with Crippen LogP contribution in [0.2, 0.25) is 0 Å². The van der Waals surface area contributed by atoms with Crippen LogP contribution in [0.1, 0.15) is 18.9 Å². The van der Waals surface area contributed by atoms with Gasteiger partial charge in [0, 0.05) is 31.5 Å². The Hall–Kier alpha value is -1.46. The molecule has 1 aromatic rings. The summed E-state index contributed by atoms with van der Waals surface area (Å²) >= 11 is 0. The fourth-order valence-electron chi connectivity index (χ4n) is 2.36. The lowest BCUT2D eigenvalue weighted by Crippen LogP contribution is -2.59. The first kappa shape index (κ1) is 13.0. The molecule has 2 heterocycles. The number of piperazine rings is 1. The van der Waals surface area contributed by atoms with Crippen molar-refractivity contribution in [3.63, 3.8) is 0 Å². The number of nitrogens with one attached hydrogen (secondary N) is 1. The van der Waals surface area contributed by atoms with Crippen LogP contribution < -0.4 is 11.1 Å². The van der Waals surface area contributed by atoms with Crippen LogP contribution in [0.4, 0.5) is 0 Å². The second-order valence-corrected chi connectivity index (χ2v) is 4.72. The van der Waals surface area contributed by atoms with Gasteiger partial charge in [-0.25, -0.2) is 0 Å². The summed E-state index contributed by atoms with van der Waals surface area (Å²) in [6.07, 6.45) is 4.29. The number of hydrogen-bond donors (Lipinski definition) is 2. The first-order chi connectivity index (χ1) is 8.72. The van der Waals surface area contributed by atoms with Crippen LogP contribution in [0.15, 0.2) is 24.5 Å². The van der Waals surface area contributed by atoms with Gasteiger partial charge < -0.3 is 11.1 Å². The maximum Gasteiger partial charge on any atom is 0.237 e. The third kappa shape index (κ3) is 2.86. The van der Waals surface area contributed by atoms with Gasteiger partial charge in [-0.15, -0.1) is 0 Å². The van der Waals surface area contributed by atoms with E-state index in [4.69, 9.17) is 5.73 Å². The summed E-state index contributed by atoms with van der Waals surface area (Å²) in [4.78, 5) is 18.2. The van der Waals surface area contributed by atoms with E-state index >= 15 is 0 Å². The van der Waals surface area contributed by atoms with Crippen LogP contribution in [-0.4, -0.2) is 41.0 Å². The highest BCUT2D eigenvalue weighted by Gasteiger charge is 2.33. The molecular weight excluding hydrogens is 228 g/mol. The molecule has 0 spiro atoms. The molecule has 5 heteroatoms. The van der Waals surface area contributed by atoms with Crippen LogP contribution in [-0.2, 0) is 11.3 Å². The molecule has 0 radical (unpaired) electrons. The van der Waals surface area contributed by atoms with Crippen LogP contribution >= 0.6 is 0 Å². The SMILES string of the molecule is CC1CNC(=O)C(CCN)N1Cc1cccnc1. The van der Waals surface area contributed by atoms with Gasteiger partial charge in [0.05, 0.1) is 6.04 Å². The Morgan fingerprint density at radius 3 is 3.11 bits per heavy atom. The van der Waals surface area contributed by atoms with Crippen molar-refractivity contribution in [2.75, 3.05) is 13.1 Å². The Bertz CT molecular complexity index is 395. The van der Waals surface area contributed by atoms with Crippen molar-refractivity contribution in [3.05, 3.63) is 30.1 Å². The Morgan fingerprint density at radius 1 is 1.61 bits per heavy atom. The summed E-state index contributed by atoms with van der Waals surface area (Å²) in [5.74, 6) is 0.0856. The average molecular weight is 248 g/mol. The van der Waals surface area contributed by atoms with Gasteiger partial charge in [0.2, 0.25) is 5.91 Å². The van der Waals surface area contributed by atoms with Crippen molar-refractivity contribution in [2.45, 2.75) is 32.0 Å². The largest absolute Gasteiger partial charge is 0.353 e. The summed E-state index contributed by atoms with van der Waals surface area (Å²) in [7, 11) is 0. The Morgan fingerprint density at radius 2 is 2.44 bits per heavy atom. The zero-order valence-corrected chi connectivity index (χ0v) is 10.7. The summed E-state index contributed by atoms with van der Waals surface area (Å²) in [6, 6.07) is 4.15. The van der Waals surface area contributed by atoms with Crippen molar-refractivity contribution >= 4 is 5.91 Å². The zero-order chi connectivity index (χ0) is 13.0. The molecule has 1 aliphatic heterocycles. The second kappa shape index (κ2) is 5.93. The number of amides is 1. The fourth-order valence-corrected chi connectivity index (χ4v) is 2.36. The van der Waals surface area contributed by atoms with E-state index in [9.17, 15) is 4.79 Å². The number of pyridine rings is 1. The highest BCUT2D eigenvalue weighted by molar-refractivity contribution is 5.82. The number of carbonyl (C=O) groups is 1. The van der Waals surface area contributed by atoms with Crippen molar-refractivity contribution in [2.24, 2.45) is 5.73 Å². The third-order valence-electron chi connectivity index (χ3n) is 3.37. The summed E-state index contributed by atoms with van der Waals surface area (Å²) in [6.45, 7) is 4.08. The van der Waals surface area contributed by atoms with Crippen molar-refractivity contribution in [1.29, 1.82) is 0 Å². The van der Waals surface area contributed by atoms with E-state index in [0.29, 0.717) is 25.6 Å². The minimum absolute atomic E-state index is 0.0856. The first-order valence-electron chi connectivity index (χ1n) is 6.35. The molecule has 2 rings (SSSR count). The van der Waals surface area contributed by atoms with Gasteiger partial charge in [0.15, 0.2) is 0 Å². The predicted molar refractivity (Wildman–Crippen MR) is 69.7 cm³/mol. The molecule has 1 fully saturated rings. The zero-order valence-electron chi connectivity index (χ0n) is 10.7. The second-order valence-electron chi connectivity index (χ2n) is 4.72. The standard InChI is InChI=1S/C13H20N4O/c1-10-7-16-13(18)12(4-5-14)17(10)9-11-3-2-6-15-8-11/h2-3,6,8,10,12H,4-5,7,9,14H2,1H3,(H,16,18). The Balaban J connectivity index is 2.13. The monoisotopic (exact) mass is 248 g/mol. The van der Waals surface area contributed by atoms with E-state index in [1.54, 1.807) is 6.20 Å². The van der Waals surface area contributed by atoms with E-state index in [-0.39, 0.29) is 11.9 Å². The van der Waals surface area contributed by atoms with E-state index < -0.39 is 0 Å². The minimum Gasteiger partial charge on any atom is -0.353 e. The first-order valence-corrected chi connectivity index (χ1v) is 6.35. The lowest BCUT2D eigenvalue weighted by molar-refractivity contribution is -0.131. The van der Waals surface area contributed by atoms with Gasteiger partial charge in [-0.05, 0) is 31.5 Å². The number of rotatable bonds is 4. The summed E-state index contributed by atoms with van der Waals surface area (Å²) in [5.41, 5.74) is 6.73. The predicted octanol–water partition coefficient (Wildman–Crippen LogP) is 0.119. The van der Waals surface area contributed by atoms with E-state index in [1.165, 1.54) is 0 Å². The number of carbonyl (C=O) groups excluding carboxylic acids is 1. The van der Waals surface area contributed by atoms with Gasteiger partial charge in [0.25, 0.3) is 0 Å². The topological polar surface area (TPSA) is 71.2 Å². The molecule has 18 heavy (non-hydrogen) atoms. The van der Waals surface area contributed by atoms with Crippen LogP contribution in [0, 0.1) is 0 Å². The Kier molecular flexibility index (Phi) is 4.28. The van der Waals surface area contributed by atoms with E-state index in [0.717, 1.165) is 12.1 Å². The molecule has 1 aromatic heterocycles. The molecule has 0 aliphatic carbocycles. The fraction of sp³-hybridized carbons (Fsp3) is 0.538. The van der Waals surface area contributed by atoms with Gasteiger partial charge in [-0.2, -0.15) is 0 Å². The summed E-state index contributed by atoms with van der Waals surface area (Å²) < 4.78 is 0. The Labute approximate surface area is 107 Å². The quantitative estimate of drug-likeness (QED) is 0.794. The van der Waals surface area contributed by atoms with Crippen molar-refractivity contribution in [1.82, 2.24) is 15.2 Å². The number of nitrogens with zero attached hydrogens (tertiary/aromatic N) is 2. The third-order valence-corrected chi connectivity index (χ3v) is 3.37. The molecule has 5 nitrogen and oxygen atoms in total. The molecule has 0 bridgehead atoms. The molecule has 1 aliphatic rings. The lowest BCUT2D eigenvalue weighted by atomic mass is 10.0. The van der Waals surface area contributed by atoms with Crippen LogP contribution in [0.25, 0.3) is 0 Å². The molecule has 2 unspecified atom stereocenters. The molecule has 1 saturated heterocycles. The highest BCUT2D eigenvalue weighted by Crippen LogP contribution is 2.17. The van der Waals surface area contributed by atoms with E-state index in [2.05, 4.69) is 22.1 Å². The molecule has 1 amide bonds. The smallest absolute Gasteiger partial charge is 0.237 e. The molecule has 98 valence electrons. The highest BCUT2D eigenvalue weighted by atomic mass is 16.2. The van der Waals surface area contributed by atoms with Crippen molar-refractivity contribution in [3.8, 4) is 0 Å². The number of nitrogens with two attached hydrogens (primary N) is 1. The van der Waals surface area contributed by atoms with E-state index in [1.807, 2.05) is 18.3 Å². The molecule has 0 aromatic carbocycles. The maximum absolute atomic E-state index is 11.9. The molecule has 2 atom stereocenters. The van der Waals surface area contributed by atoms with Gasteiger partial charge in [0.1, 0.15) is 0 Å². The normalized spacial score (nSPS) is 24.9. The minimum atomic E-state index is -0.126. The van der Waals surface area contributed by atoms with Crippen LogP contribution in [0.3, 0.4) is 0 Å². The average Bonchev–Trinajstić information content (AvgIpc) is 2.39. The van der Waals surface area contributed by atoms with Crippen molar-refractivity contribution < 1.29 is 4.79 Å². The molecule has 0 saturated carbocycles.